The SMILES string of the molecule is Cn1nnn(Cc2ccc(C#N)cc2)c1=O. The molecule has 1 aromatic heterocycles. The van der Waals surface area contributed by atoms with E-state index < -0.39 is 0 Å². The smallest absolute Gasteiger partial charge is 0.244 e. The van der Waals surface area contributed by atoms with Crippen LogP contribution >= 0.6 is 0 Å². The molecule has 16 heavy (non-hydrogen) atoms. The van der Waals surface area contributed by atoms with Gasteiger partial charge in [-0.2, -0.15) is 14.6 Å². The molecule has 0 saturated heterocycles. The number of aryl methyl sites for hydroxylation is 1. The van der Waals surface area contributed by atoms with Gasteiger partial charge in [-0.3, -0.25) is 0 Å². The number of benzene rings is 1. The first-order valence-electron chi connectivity index (χ1n) is 4.66. The molecule has 2 rings (SSSR count). The molecule has 0 radical (unpaired) electrons. The lowest BCUT2D eigenvalue weighted by atomic mass is 10.1. The Kier molecular flexibility index (Phi) is 2.52. The lowest BCUT2D eigenvalue weighted by Gasteiger charge is -1.98. The van der Waals surface area contributed by atoms with Crippen molar-refractivity contribution in [1.29, 1.82) is 5.26 Å². The molecule has 0 amide bonds. The molecule has 0 aliphatic rings. The van der Waals surface area contributed by atoms with Gasteiger partial charge in [0.05, 0.1) is 18.2 Å². The van der Waals surface area contributed by atoms with Gasteiger partial charge in [0.1, 0.15) is 0 Å². The van der Waals surface area contributed by atoms with Crippen molar-refractivity contribution in [2.24, 2.45) is 7.05 Å². The van der Waals surface area contributed by atoms with E-state index in [-0.39, 0.29) is 5.69 Å². The Balaban J connectivity index is 2.25. The Bertz CT molecular complexity index is 587. The molecule has 2 aromatic rings. The zero-order valence-electron chi connectivity index (χ0n) is 8.66. The molecule has 6 nitrogen and oxygen atoms in total. The van der Waals surface area contributed by atoms with E-state index in [0.717, 1.165) is 5.56 Å². The molecule has 0 N–H and O–H groups in total. The van der Waals surface area contributed by atoms with Crippen LogP contribution in [0.2, 0.25) is 0 Å². The maximum absolute atomic E-state index is 11.4. The van der Waals surface area contributed by atoms with E-state index in [1.807, 2.05) is 6.07 Å². The van der Waals surface area contributed by atoms with Gasteiger partial charge in [0, 0.05) is 7.05 Å². The summed E-state index contributed by atoms with van der Waals surface area (Å²) in [6.45, 7) is 0.360. The third-order valence-corrected chi connectivity index (χ3v) is 2.20. The molecule has 0 atom stereocenters. The molecule has 0 saturated carbocycles. The molecule has 0 aliphatic carbocycles. The van der Waals surface area contributed by atoms with Crippen LogP contribution in [0.4, 0.5) is 0 Å². The molecule has 0 unspecified atom stereocenters. The Morgan fingerprint density at radius 2 is 2.00 bits per heavy atom. The maximum atomic E-state index is 11.4. The second-order valence-electron chi connectivity index (χ2n) is 3.35. The third-order valence-electron chi connectivity index (χ3n) is 2.20. The molecule has 0 spiro atoms. The first-order valence-corrected chi connectivity index (χ1v) is 4.66. The van der Waals surface area contributed by atoms with E-state index in [1.54, 1.807) is 31.3 Å². The topological polar surface area (TPSA) is 76.5 Å². The minimum Gasteiger partial charge on any atom is -0.244 e. The molecule has 1 heterocycles. The molecule has 80 valence electrons. The standard InChI is InChI=1S/C10H9N5O/c1-14-10(16)15(13-12-14)7-9-4-2-8(6-11)3-5-9/h2-5H,7H2,1H3. The second-order valence-corrected chi connectivity index (χ2v) is 3.35. The maximum Gasteiger partial charge on any atom is 0.363 e. The van der Waals surface area contributed by atoms with Crippen LogP contribution < -0.4 is 5.69 Å². The number of nitriles is 1. The highest BCUT2D eigenvalue weighted by Gasteiger charge is 2.03. The van der Waals surface area contributed by atoms with Gasteiger partial charge in [-0.05, 0) is 28.1 Å². The fraction of sp³-hybridized carbons (Fsp3) is 0.200. The minimum atomic E-state index is -0.260. The summed E-state index contributed by atoms with van der Waals surface area (Å²) < 4.78 is 2.44. The van der Waals surface area contributed by atoms with Gasteiger partial charge in [0.2, 0.25) is 0 Å². The summed E-state index contributed by atoms with van der Waals surface area (Å²) in [6, 6.07) is 9.03. The van der Waals surface area contributed by atoms with Crippen molar-refractivity contribution >= 4 is 0 Å². The van der Waals surface area contributed by atoms with Gasteiger partial charge in [0.15, 0.2) is 0 Å². The predicted molar refractivity (Wildman–Crippen MR) is 55.5 cm³/mol. The number of hydrogen-bond acceptors (Lipinski definition) is 4. The molecule has 0 bridgehead atoms. The van der Waals surface area contributed by atoms with E-state index in [0.29, 0.717) is 12.1 Å². The average molecular weight is 215 g/mol. The van der Waals surface area contributed by atoms with Crippen LogP contribution in [0, 0.1) is 11.3 Å². The Hall–Kier alpha value is -2.42. The lowest BCUT2D eigenvalue weighted by Crippen LogP contribution is -2.23. The largest absolute Gasteiger partial charge is 0.363 e. The number of rotatable bonds is 2. The zero-order chi connectivity index (χ0) is 11.5. The van der Waals surface area contributed by atoms with Crippen LogP contribution in [0.3, 0.4) is 0 Å². The van der Waals surface area contributed by atoms with E-state index >= 15 is 0 Å². The molecule has 0 aliphatic heterocycles. The Morgan fingerprint density at radius 3 is 2.50 bits per heavy atom. The summed E-state index contributed by atoms with van der Waals surface area (Å²) >= 11 is 0. The van der Waals surface area contributed by atoms with Crippen LogP contribution in [0.15, 0.2) is 29.1 Å². The van der Waals surface area contributed by atoms with Gasteiger partial charge in [-0.25, -0.2) is 4.79 Å². The number of nitrogens with zero attached hydrogens (tertiary/aromatic N) is 5. The van der Waals surface area contributed by atoms with Crippen molar-refractivity contribution in [2.75, 3.05) is 0 Å². The summed E-state index contributed by atoms with van der Waals surface area (Å²) in [6.07, 6.45) is 0. The summed E-state index contributed by atoms with van der Waals surface area (Å²) in [4.78, 5) is 11.4. The minimum absolute atomic E-state index is 0.260. The van der Waals surface area contributed by atoms with Gasteiger partial charge in [0.25, 0.3) is 0 Å². The number of aromatic nitrogens is 4. The molecule has 0 fully saturated rings. The monoisotopic (exact) mass is 215 g/mol. The van der Waals surface area contributed by atoms with Crippen LogP contribution in [-0.2, 0) is 13.6 Å². The molecular weight excluding hydrogens is 206 g/mol. The first-order chi connectivity index (χ1) is 7.70. The second kappa shape index (κ2) is 3.98. The number of tetrazole rings is 1. The van der Waals surface area contributed by atoms with Crippen LogP contribution in [-0.4, -0.2) is 19.8 Å². The Labute approximate surface area is 91.3 Å². The predicted octanol–water partition coefficient (Wildman–Crippen LogP) is -0.103. The van der Waals surface area contributed by atoms with E-state index in [4.69, 9.17) is 5.26 Å². The molecule has 1 aromatic carbocycles. The highest BCUT2D eigenvalue weighted by Crippen LogP contribution is 2.03. The average Bonchev–Trinajstić information content (AvgIpc) is 2.62. The fourth-order valence-electron chi connectivity index (χ4n) is 1.31. The van der Waals surface area contributed by atoms with Crippen molar-refractivity contribution in [3.63, 3.8) is 0 Å². The lowest BCUT2D eigenvalue weighted by molar-refractivity contribution is 0.631. The van der Waals surface area contributed by atoms with E-state index in [2.05, 4.69) is 10.4 Å². The fourth-order valence-corrected chi connectivity index (χ4v) is 1.31. The quantitative estimate of drug-likeness (QED) is 0.700. The Morgan fingerprint density at radius 1 is 1.31 bits per heavy atom. The van der Waals surface area contributed by atoms with E-state index in [1.165, 1.54) is 9.36 Å². The van der Waals surface area contributed by atoms with E-state index in [9.17, 15) is 4.79 Å². The van der Waals surface area contributed by atoms with Crippen LogP contribution in [0.1, 0.15) is 11.1 Å². The van der Waals surface area contributed by atoms with Gasteiger partial charge in [-0.15, -0.1) is 0 Å². The van der Waals surface area contributed by atoms with Crippen molar-refractivity contribution in [2.45, 2.75) is 6.54 Å². The van der Waals surface area contributed by atoms with Crippen molar-refractivity contribution in [1.82, 2.24) is 19.8 Å². The van der Waals surface area contributed by atoms with Crippen molar-refractivity contribution < 1.29 is 0 Å². The van der Waals surface area contributed by atoms with Crippen molar-refractivity contribution in [3.8, 4) is 6.07 Å². The summed E-state index contributed by atoms with van der Waals surface area (Å²) in [7, 11) is 1.55. The first kappa shape index (κ1) is 10.1. The highest BCUT2D eigenvalue weighted by atomic mass is 16.2. The molecule has 6 heteroatoms. The summed E-state index contributed by atoms with van der Waals surface area (Å²) in [5.41, 5.74) is 1.24. The van der Waals surface area contributed by atoms with Crippen molar-refractivity contribution in [3.05, 3.63) is 45.9 Å². The van der Waals surface area contributed by atoms with Gasteiger partial charge >= 0.3 is 5.69 Å². The third kappa shape index (κ3) is 1.83. The summed E-state index contributed by atoms with van der Waals surface area (Å²) in [5, 5.41) is 16.0. The number of hydrogen-bond donors (Lipinski definition) is 0. The zero-order valence-corrected chi connectivity index (χ0v) is 8.66. The normalized spacial score (nSPS) is 10.0. The van der Waals surface area contributed by atoms with Gasteiger partial charge < -0.3 is 0 Å². The molecular formula is C10H9N5O. The summed E-state index contributed by atoms with van der Waals surface area (Å²) in [5.74, 6) is 0. The highest BCUT2D eigenvalue weighted by molar-refractivity contribution is 5.31. The van der Waals surface area contributed by atoms with Crippen LogP contribution in [0.25, 0.3) is 0 Å². The van der Waals surface area contributed by atoms with Crippen LogP contribution in [0.5, 0.6) is 0 Å². The van der Waals surface area contributed by atoms with Gasteiger partial charge in [-0.1, -0.05) is 12.1 Å².